The van der Waals surface area contributed by atoms with Crippen molar-refractivity contribution in [3.8, 4) is 0 Å². The van der Waals surface area contributed by atoms with E-state index in [1.807, 2.05) is 18.4 Å². The Labute approximate surface area is 89.3 Å². The molecule has 2 unspecified atom stereocenters. The Morgan fingerprint density at radius 1 is 1.67 bits per heavy atom. The number of aryl methyl sites for hydroxylation is 1. The maximum atomic E-state index is 11.9. The summed E-state index contributed by atoms with van der Waals surface area (Å²) in [4.78, 5) is 16.0. The van der Waals surface area contributed by atoms with Crippen molar-refractivity contribution in [1.29, 1.82) is 0 Å². The lowest BCUT2D eigenvalue weighted by Crippen LogP contribution is -2.21. The van der Waals surface area contributed by atoms with E-state index in [-0.39, 0.29) is 18.0 Å². The van der Waals surface area contributed by atoms with Crippen LogP contribution < -0.4 is 0 Å². The normalized spacial score (nSPS) is 25.7. The number of imidazole rings is 1. The Kier molecular flexibility index (Phi) is 2.86. The Balaban J connectivity index is 2.07. The van der Waals surface area contributed by atoms with Crippen molar-refractivity contribution in [3.63, 3.8) is 0 Å². The predicted octanol–water partition coefficient (Wildman–Crippen LogP) is 1.65. The Morgan fingerprint density at radius 3 is 3.00 bits per heavy atom. The Morgan fingerprint density at radius 2 is 2.47 bits per heavy atom. The first-order chi connectivity index (χ1) is 7.20. The van der Waals surface area contributed by atoms with Gasteiger partial charge < -0.3 is 9.30 Å². The third-order valence-electron chi connectivity index (χ3n) is 2.78. The minimum atomic E-state index is -0.278. The maximum absolute atomic E-state index is 11.9. The number of rotatable bonds is 3. The van der Waals surface area contributed by atoms with Gasteiger partial charge in [-0.1, -0.05) is 0 Å². The lowest BCUT2D eigenvalue weighted by molar-refractivity contribution is 0.0429. The van der Waals surface area contributed by atoms with Crippen molar-refractivity contribution in [2.45, 2.75) is 45.4 Å². The smallest absolute Gasteiger partial charge is 0.211 e. The molecule has 0 N–H and O–H groups in total. The maximum Gasteiger partial charge on any atom is 0.211 e. The van der Waals surface area contributed by atoms with Gasteiger partial charge in [-0.2, -0.15) is 0 Å². The van der Waals surface area contributed by atoms with Gasteiger partial charge in [-0.05, 0) is 26.7 Å². The van der Waals surface area contributed by atoms with E-state index in [9.17, 15) is 4.79 Å². The van der Waals surface area contributed by atoms with E-state index >= 15 is 0 Å². The van der Waals surface area contributed by atoms with Gasteiger partial charge in [0, 0.05) is 12.7 Å². The fraction of sp³-hybridized carbons (Fsp3) is 0.636. The third-order valence-corrected chi connectivity index (χ3v) is 2.78. The topological polar surface area (TPSA) is 44.1 Å². The predicted molar refractivity (Wildman–Crippen MR) is 55.8 cm³/mol. The van der Waals surface area contributed by atoms with E-state index in [0.717, 1.165) is 19.4 Å². The molecule has 0 bridgehead atoms. The summed E-state index contributed by atoms with van der Waals surface area (Å²) in [6.45, 7) is 4.85. The second-order valence-corrected chi connectivity index (χ2v) is 3.97. The van der Waals surface area contributed by atoms with Crippen LogP contribution in [0.25, 0.3) is 0 Å². The molecule has 4 nitrogen and oxygen atoms in total. The summed E-state index contributed by atoms with van der Waals surface area (Å²) in [5, 5.41) is 0. The van der Waals surface area contributed by atoms with Crippen molar-refractivity contribution in [2.75, 3.05) is 0 Å². The molecule has 1 aliphatic rings. The van der Waals surface area contributed by atoms with Crippen LogP contribution in [0.1, 0.15) is 37.2 Å². The van der Waals surface area contributed by atoms with Crippen molar-refractivity contribution in [2.24, 2.45) is 0 Å². The SMILES string of the molecule is CCn1cnc(C(=O)C2CCC(C)O2)c1. The molecule has 0 radical (unpaired) electrons. The second-order valence-electron chi connectivity index (χ2n) is 3.97. The molecular weight excluding hydrogens is 192 g/mol. The summed E-state index contributed by atoms with van der Waals surface area (Å²) in [7, 11) is 0. The zero-order valence-corrected chi connectivity index (χ0v) is 9.14. The van der Waals surface area contributed by atoms with Crippen LogP contribution in [0.3, 0.4) is 0 Å². The molecule has 1 aromatic heterocycles. The molecule has 82 valence electrons. The molecule has 1 fully saturated rings. The van der Waals surface area contributed by atoms with Gasteiger partial charge in [-0.15, -0.1) is 0 Å². The summed E-state index contributed by atoms with van der Waals surface area (Å²) < 4.78 is 7.42. The molecule has 0 saturated carbocycles. The molecular formula is C11H16N2O2. The number of carbonyl (C=O) groups is 1. The first-order valence-corrected chi connectivity index (χ1v) is 5.42. The Hall–Kier alpha value is -1.16. The monoisotopic (exact) mass is 208 g/mol. The number of hydrogen-bond donors (Lipinski definition) is 0. The molecule has 2 rings (SSSR count). The van der Waals surface area contributed by atoms with Gasteiger partial charge in [-0.3, -0.25) is 4.79 Å². The highest BCUT2D eigenvalue weighted by atomic mass is 16.5. The summed E-state index contributed by atoms with van der Waals surface area (Å²) in [5.74, 6) is 0.0200. The Bertz CT molecular complexity index is 359. The van der Waals surface area contributed by atoms with E-state index in [0.29, 0.717) is 5.69 Å². The molecule has 2 atom stereocenters. The van der Waals surface area contributed by atoms with Crippen molar-refractivity contribution in [1.82, 2.24) is 9.55 Å². The van der Waals surface area contributed by atoms with Gasteiger partial charge in [0.15, 0.2) is 0 Å². The number of carbonyl (C=O) groups excluding carboxylic acids is 1. The standard InChI is InChI=1S/C11H16N2O2/c1-3-13-6-9(12-7-13)11(14)10-5-4-8(2)15-10/h6-8,10H,3-5H2,1-2H3. The number of Topliss-reactive ketones (excluding diaryl/α,β-unsaturated/α-hetero) is 1. The molecule has 15 heavy (non-hydrogen) atoms. The van der Waals surface area contributed by atoms with E-state index in [4.69, 9.17) is 4.74 Å². The highest BCUT2D eigenvalue weighted by Gasteiger charge is 2.29. The van der Waals surface area contributed by atoms with Crippen molar-refractivity contribution in [3.05, 3.63) is 18.2 Å². The molecule has 1 aliphatic heterocycles. The number of ketones is 1. The molecule has 1 aromatic rings. The average Bonchev–Trinajstić information content (AvgIpc) is 2.84. The highest BCUT2D eigenvalue weighted by Crippen LogP contribution is 2.21. The molecule has 0 aliphatic carbocycles. The van der Waals surface area contributed by atoms with Crippen LogP contribution in [0, 0.1) is 0 Å². The van der Waals surface area contributed by atoms with Gasteiger partial charge in [0.05, 0.1) is 12.4 Å². The summed E-state index contributed by atoms with van der Waals surface area (Å²) in [6.07, 6.45) is 5.18. The van der Waals surface area contributed by atoms with E-state index in [2.05, 4.69) is 4.98 Å². The number of nitrogens with zero attached hydrogens (tertiary/aromatic N) is 2. The molecule has 4 heteroatoms. The van der Waals surface area contributed by atoms with Crippen LogP contribution in [0.15, 0.2) is 12.5 Å². The van der Waals surface area contributed by atoms with Crippen LogP contribution in [-0.4, -0.2) is 27.5 Å². The number of ether oxygens (including phenoxy) is 1. The van der Waals surface area contributed by atoms with Crippen LogP contribution in [0.5, 0.6) is 0 Å². The first-order valence-electron chi connectivity index (χ1n) is 5.42. The zero-order chi connectivity index (χ0) is 10.8. The van der Waals surface area contributed by atoms with E-state index in [1.54, 1.807) is 12.5 Å². The largest absolute Gasteiger partial charge is 0.367 e. The first kappa shape index (κ1) is 10.4. The van der Waals surface area contributed by atoms with Crippen LogP contribution in [-0.2, 0) is 11.3 Å². The number of aromatic nitrogens is 2. The highest BCUT2D eigenvalue weighted by molar-refractivity contribution is 5.97. The van der Waals surface area contributed by atoms with Gasteiger partial charge in [-0.25, -0.2) is 4.98 Å². The molecule has 0 amide bonds. The summed E-state index contributed by atoms with van der Waals surface area (Å²) in [6, 6.07) is 0. The summed E-state index contributed by atoms with van der Waals surface area (Å²) in [5.41, 5.74) is 0.524. The fourth-order valence-electron chi connectivity index (χ4n) is 1.82. The van der Waals surface area contributed by atoms with Crippen molar-refractivity contribution < 1.29 is 9.53 Å². The minimum absolute atomic E-state index is 0.0200. The third kappa shape index (κ3) is 2.09. The fourth-order valence-corrected chi connectivity index (χ4v) is 1.82. The molecule has 0 aromatic carbocycles. The lowest BCUT2D eigenvalue weighted by Gasteiger charge is -2.07. The molecule has 1 saturated heterocycles. The molecule has 2 heterocycles. The van der Waals surface area contributed by atoms with E-state index < -0.39 is 0 Å². The van der Waals surface area contributed by atoms with Gasteiger partial charge in [0.25, 0.3) is 0 Å². The van der Waals surface area contributed by atoms with Gasteiger partial charge in [0.2, 0.25) is 5.78 Å². The van der Waals surface area contributed by atoms with Crippen LogP contribution in [0.4, 0.5) is 0 Å². The van der Waals surface area contributed by atoms with Gasteiger partial charge in [0.1, 0.15) is 11.8 Å². The molecule has 0 spiro atoms. The van der Waals surface area contributed by atoms with E-state index in [1.165, 1.54) is 0 Å². The minimum Gasteiger partial charge on any atom is -0.367 e. The average molecular weight is 208 g/mol. The van der Waals surface area contributed by atoms with Crippen LogP contribution in [0.2, 0.25) is 0 Å². The lowest BCUT2D eigenvalue weighted by atomic mass is 10.1. The quantitative estimate of drug-likeness (QED) is 0.709. The van der Waals surface area contributed by atoms with Crippen molar-refractivity contribution >= 4 is 5.78 Å². The van der Waals surface area contributed by atoms with Crippen LogP contribution >= 0.6 is 0 Å². The number of hydrogen-bond acceptors (Lipinski definition) is 3. The zero-order valence-electron chi connectivity index (χ0n) is 9.14. The van der Waals surface area contributed by atoms with Gasteiger partial charge >= 0.3 is 0 Å². The summed E-state index contributed by atoms with van der Waals surface area (Å²) >= 11 is 0. The second kappa shape index (κ2) is 4.14.